The molecule has 0 aromatic heterocycles. The topological polar surface area (TPSA) is 32.3 Å². The highest BCUT2D eigenvalue weighted by Gasteiger charge is 2.20. The molecule has 2 rings (SSSR count). The number of carbonyl (C=O) groups is 1. The molecule has 1 aromatic carbocycles. The average Bonchev–Trinajstić information content (AvgIpc) is 2.46. The number of rotatable bonds is 4. The van der Waals surface area contributed by atoms with Crippen molar-refractivity contribution in [2.45, 2.75) is 38.1 Å². The summed E-state index contributed by atoms with van der Waals surface area (Å²) in [7, 11) is 0. The van der Waals surface area contributed by atoms with Gasteiger partial charge in [0.2, 0.25) is 0 Å². The fourth-order valence-electron chi connectivity index (χ4n) is 2.54. The number of halogens is 1. The fourth-order valence-corrected chi connectivity index (χ4v) is 2.71. The summed E-state index contributed by atoms with van der Waals surface area (Å²) in [5.41, 5.74) is 0.899. The molecule has 0 spiro atoms. The zero-order chi connectivity index (χ0) is 13.5. The number of nitrogens with one attached hydrogen (secondary N) is 1. The number of para-hydroxylation sites is 1. The molecule has 1 aromatic rings. The van der Waals surface area contributed by atoms with Crippen molar-refractivity contribution in [1.29, 1.82) is 0 Å². The fraction of sp³-hybridized carbons (Fsp3) is 0.533. The van der Waals surface area contributed by atoms with Gasteiger partial charge in [-0.15, -0.1) is 11.6 Å². The number of amides is 2. The van der Waals surface area contributed by atoms with E-state index in [0.29, 0.717) is 18.5 Å². The van der Waals surface area contributed by atoms with Gasteiger partial charge in [0.25, 0.3) is 0 Å². The smallest absolute Gasteiger partial charge is 0.322 e. The largest absolute Gasteiger partial charge is 0.335 e. The van der Waals surface area contributed by atoms with E-state index < -0.39 is 0 Å². The summed E-state index contributed by atoms with van der Waals surface area (Å²) in [5, 5.41) is 3.13. The lowest BCUT2D eigenvalue weighted by molar-refractivity contribution is 0.238. The molecule has 0 bridgehead atoms. The van der Waals surface area contributed by atoms with E-state index in [9.17, 15) is 4.79 Å². The summed E-state index contributed by atoms with van der Waals surface area (Å²) >= 11 is 5.81. The number of hydrogen-bond acceptors (Lipinski definition) is 1. The molecule has 2 amide bonds. The maximum Gasteiger partial charge on any atom is 0.322 e. The molecule has 3 nitrogen and oxygen atoms in total. The summed E-state index contributed by atoms with van der Waals surface area (Å²) in [5.74, 6) is 0.437. The van der Waals surface area contributed by atoms with E-state index in [1.54, 1.807) is 4.90 Å². The van der Waals surface area contributed by atoms with Crippen molar-refractivity contribution in [3.8, 4) is 0 Å². The van der Waals surface area contributed by atoms with Gasteiger partial charge in [-0.25, -0.2) is 4.79 Å². The number of anilines is 1. The van der Waals surface area contributed by atoms with Crippen molar-refractivity contribution in [3.05, 3.63) is 30.3 Å². The second-order valence-corrected chi connectivity index (χ2v) is 5.34. The molecule has 0 atom stereocenters. The lowest BCUT2D eigenvalue weighted by Gasteiger charge is -2.28. The first-order valence-electron chi connectivity index (χ1n) is 7.00. The molecule has 1 saturated carbocycles. The third-order valence-corrected chi connectivity index (χ3v) is 3.72. The maximum absolute atomic E-state index is 12.4. The molecule has 1 N–H and O–H groups in total. The van der Waals surface area contributed by atoms with Gasteiger partial charge >= 0.3 is 6.03 Å². The van der Waals surface area contributed by atoms with Crippen LogP contribution in [0.1, 0.15) is 32.1 Å². The second-order valence-electron chi connectivity index (χ2n) is 4.96. The van der Waals surface area contributed by atoms with Crippen molar-refractivity contribution < 1.29 is 4.79 Å². The van der Waals surface area contributed by atoms with Gasteiger partial charge in [0.05, 0.1) is 0 Å². The molecule has 0 saturated heterocycles. The highest BCUT2D eigenvalue weighted by molar-refractivity contribution is 6.18. The Labute approximate surface area is 119 Å². The lowest BCUT2D eigenvalue weighted by Crippen LogP contribution is -2.46. The van der Waals surface area contributed by atoms with Crippen molar-refractivity contribution in [1.82, 2.24) is 5.32 Å². The van der Waals surface area contributed by atoms with Gasteiger partial charge in [-0.2, -0.15) is 0 Å². The third-order valence-electron chi connectivity index (χ3n) is 3.55. The summed E-state index contributed by atoms with van der Waals surface area (Å²) in [6.45, 7) is 0.532. The van der Waals surface area contributed by atoms with Crippen LogP contribution in [0.4, 0.5) is 10.5 Å². The van der Waals surface area contributed by atoms with Crippen LogP contribution in [0.15, 0.2) is 30.3 Å². The first-order valence-corrected chi connectivity index (χ1v) is 7.54. The van der Waals surface area contributed by atoms with Gasteiger partial charge < -0.3 is 5.32 Å². The quantitative estimate of drug-likeness (QED) is 0.837. The van der Waals surface area contributed by atoms with E-state index in [0.717, 1.165) is 18.5 Å². The van der Waals surface area contributed by atoms with E-state index in [4.69, 9.17) is 11.6 Å². The Balaban J connectivity index is 1.99. The predicted octanol–water partition coefficient (Wildman–Crippen LogP) is 3.77. The molecule has 1 aliphatic rings. The molecule has 4 heteroatoms. The Hall–Kier alpha value is -1.22. The van der Waals surface area contributed by atoms with Crippen LogP contribution in [0.3, 0.4) is 0 Å². The molecule has 104 valence electrons. The van der Waals surface area contributed by atoms with Crippen LogP contribution in [0.25, 0.3) is 0 Å². The molecule has 0 unspecified atom stereocenters. The molecule has 19 heavy (non-hydrogen) atoms. The number of hydrogen-bond donors (Lipinski definition) is 1. The standard InChI is InChI=1S/C15H21ClN2O/c16-11-12-18(14-9-5-2-6-10-14)15(19)17-13-7-3-1-4-8-13/h2,5-6,9-10,13H,1,3-4,7-8,11-12H2,(H,17,19). The van der Waals surface area contributed by atoms with E-state index in [-0.39, 0.29) is 6.03 Å². The molecule has 0 heterocycles. The number of nitrogens with zero attached hydrogens (tertiary/aromatic N) is 1. The van der Waals surface area contributed by atoms with Gasteiger partial charge in [0.15, 0.2) is 0 Å². The first-order chi connectivity index (χ1) is 9.31. The van der Waals surface area contributed by atoms with Crippen LogP contribution in [0, 0.1) is 0 Å². The zero-order valence-electron chi connectivity index (χ0n) is 11.1. The van der Waals surface area contributed by atoms with Gasteiger partial charge in [-0.1, -0.05) is 37.5 Å². The second kappa shape index (κ2) is 7.39. The van der Waals surface area contributed by atoms with E-state index in [2.05, 4.69) is 5.32 Å². The maximum atomic E-state index is 12.4. The zero-order valence-corrected chi connectivity index (χ0v) is 11.9. The Morgan fingerprint density at radius 1 is 1.21 bits per heavy atom. The minimum atomic E-state index is -0.0289. The van der Waals surface area contributed by atoms with Gasteiger partial charge in [-0.05, 0) is 25.0 Å². The van der Waals surface area contributed by atoms with Gasteiger partial charge in [0.1, 0.15) is 0 Å². The number of alkyl halides is 1. The van der Waals surface area contributed by atoms with Gasteiger partial charge in [-0.3, -0.25) is 4.90 Å². The van der Waals surface area contributed by atoms with Crippen LogP contribution in [0.2, 0.25) is 0 Å². The Morgan fingerprint density at radius 2 is 1.89 bits per heavy atom. The first kappa shape index (κ1) is 14.2. The number of benzene rings is 1. The Kier molecular flexibility index (Phi) is 5.52. The van der Waals surface area contributed by atoms with Crippen LogP contribution >= 0.6 is 11.6 Å². The summed E-state index contributed by atoms with van der Waals surface area (Å²) in [6.07, 6.45) is 5.90. The van der Waals surface area contributed by atoms with Crippen molar-refractivity contribution in [2.24, 2.45) is 0 Å². The minimum absolute atomic E-state index is 0.0289. The molecular weight excluding hydrogens is 260 g/mol. The van der Waals surface area contributed by atoms with Gasteiger partial charge in [0, 0.05) is 24.2 Å². The number of urea groups is 1. The van der Waals surface area contributed by atoms with E-state index >= 15 is 0 Å². The lowest BCUT2D eigenvalue weighted by atomic mass is 9.96. The van der Waals surface area contributed by atoms with Crippen LogP contribution < -0.4 is 10.2 Å². The van der Waals surface area contributed by atoms with Crippen LogP contribution in [-0.4, -0.2) is 24.5 Å². The highest BCUT2D eigenvalue weighted by atomic mass is 35.5. The monoisotopic (exact) mass is 280 g/mol. The third kappa shape index (κ3) is 4.13. The van der Waals surface area contributed by atoms with Crippen molar-refractivity contribution in [3.63, 3.8) is 0 Å². The summed E-state index contributed by atoms with van der Waals surface area (Å²) < 4.78 is 0. The Morgan fingerprint density at radius 3 is 2.53 bits per heavy atom. The SMILES string of the molecule is O=C(NC1CCCCC1)N(CCCl)c1ccccc1. The van der Waals surface area contributed by atoms with Crippen LogP contribution in [-0.2, 0) is 0 Å². The van der Waals surface area contributed by atoms with E-state index in [1.165, 1.54) is 19.3 Å². The highest BCUT2D eigenvalue weighted by Crippen LogP contribution is 2.19. The average molecular weight is 281 g/mol. The van der Waals surface area contributed by atoms with Crippen molar-refractivity contribution >= 4 is 23.3 Å². The Bertz CT molecular complexity index is 390. The molecule has 0 aliphatic heterocycles. The molecule has 1 fully saturated rings. The predicted molar refractivity (Wildman–Crippen MR) is 79.9 cm³/mol. The number of carbonyl (C=O) groups excluding carboxylic acids is 1. The summed E-state index contributed by atoms with van der Waals surface area (Å²) in [6, 6.07) is 9.98. The molecule has 0 radical (unpaired) electrons. The normalized spacial score (nSPS) is 16.1. The molecule has 1 aliphatic carbocycles. The molecular formula is C15H21ClN2O. The minimum Gasteiger partial charge on any atom is -0.335 e. The summed E-state index contributed by atoms with van der Waals surface area (Å²) in [4.78, 5) is 14.1. The van der Waals surface area contributed by atoms with Crippen molar-refractivity contribution in [2.75, 3.05) is 17.3 Å². The van der Waals surface area contributed by atoms with Crippen LogP contribution in [0.5, 0.6) is 0 Å². The van der Waals surface area contributed by atoms with E-state index in [1.807, 2.05) is 30.3 Å².